The topological polar surface area (TPSA) is 47.0 Å². The number of aromatic nitrogens is 1. The molecular weight excluding hydrogens is 434 g/mol. The number of benzene rings is 2. The normalized spacial score (nSPS) is 16.2. The fraction of sp³-hybridized carbons (Fsp3) is 0.467. The Hall–Kier alpha value is -2.92. The zero-order valence-corrected chi connectivity index (χ0v) is 22.1. The molecule has 2 unspecified atom stereocenters. The van der Waals surface area contributed by atoms with Gasteiger partial charge in [0.15, 0.2) is 11.5 Å². The van der Waals surface area contributed by atoms with Crippen LogP contribution >= 0.6 is 0 Å². The average Bonchev–Trinajstić information content (AvgIpc) is 2.89. The molecule has 4 rings (SSSR count). The van der Waals surface area contributed by atoms with Gasteiger partial charge < -0.3 is 14.4 Å². The first-order chi connectivity index (χ1) is 17.0. The van der Waals surface area contributed by atoms with E-state index in [2.05, 4.69) is 56.9 Å². The molecule has 0 aliphatic carbocycles. The first-order valence-electron chi connectivity index (χ1n) is 12.9. The first kappa shape index (κ1) is 25.2. The first-order valence-corrected chi connectivity index (χ1v) is 12.9. The van der Waals surface area contributed by atoms with E-state index in [1.807, 2.05) is 18.3 Å². The Bertz CT molecular complexity index is 1190. The van der Waals surface area contributed by atoms with Crippen LogP contribution in [-0.4, -0.2) is 55.5 Å². The number of ether oxygens (including phenoxy) is 2. The SMILES string of the molecule is CCCN(CC)CCC(C)c1ccc(C2=NC(C)Cc3cnc4cc(OC)c(OC)cc4c32)cc1. The minimum Gasteiger partial charge on any atom is -0.493 e. The summed E-state index contributed by atoms with van der Waals surface area (Å²) in [5.41, 5.74) is 6.86. The summed E-state index contributed by atoms with van der Waals surface area (Å²) in [7, 11) is 3.33. The molecule has 0 bridgehead atoms. The van der Waals surface area contributed by atoms with Gasteiger partial charge in [0, 0.05) is 28.8 Å². The maximum absolute atomic E-state index is 5.61. The molecule has 0 saturated carbocycles. The van der Waals surface area contributed by atoms with Gasteiger partial charge in [0.2, 0.25) is 0 Å². The van der Waals surface area contributed by atoms with Crippen molar-refractivity contribution in [2.45, 2.75) is 58.9 Å². The Labute approximate surface area is 210 Å². The third-order valence-electron chi connectivity index (χ3n) is 7.17. The summed E-state index contributed by atoms with van der Waals surface area (Å²) >= 11 is 0. The van der Waals surface area contributed by atoms with E-state index < -0.39 is 0 Å². The third kappa shape index (κ3) is 5.35. The van der Waals surface area contributed by atoms with Gasteiger partial charge in [-0.3, -0.25) is 9.98 Å². The van der Waals surface area contributed by atoms with Gasteiger partial charge in [0.05, 0.1) is 31.5 Å². The largest absolute Gasteiger partial charge is 0.493 e. The van der Waals surface area contributed by atoms with E-state index >= 15 is 0 Å². The number of hydrogen-bond acceptors (Lipinski definition) is 5. The Balaban J connectivity index is 1.66. The van der Waals surface area contributed by atoms with Crippen LogP contribution in [0.5, 0.6) is 11.5 Å². The number of fused-ring (bicyclic) bond motifs is 3. The monoisotopic (exact) mass is 473 g/mol. The molecule has 0 saturated heterocycles. The van der Waals surface area contributed by atoms with Crippen LogP contribution in [0.1, 0.15) is 68.7 Å². The van der Waals surface area contributed by atoms with Gasteiger partial charge >= 0.3 is 0 Å². The van der Waals surface area contributed by atoms with Crippen molar-refractivity contribution in [3.63, 3.8) is 0 Å². The number of methoxy groups -OCH3 is 2. The second-order valence-electron chi connectivity index (χ2n) is 9.66. The van der Waals surface area contributed by atoms with E-state index in [0.29, 0.717) is 17.4 Å². The van der Waals surface area contributed by atoms with Gasteiger partial charge in [-0.05, 0) is 68.9 Å². The van der Waals surface area contributed by atoms with Crippen molar-refractivity contribution in [2.24, 2.45) is 4.99 Å². The minimum absolute atomic E-state index is 0.217. The van der Waals surface area contributed by atoms with Crippen molar-refractivity contribution in [3.8, 4) is 11.5 Å². The van der Waals surface area contributed by atoms with E-state index in [0.717, 1.165) is 47.3 Å². The van der Waals surface area contributed by atoms with Gasteiger partial charge in [-0.15, -0.1) is 0 Å². The molecule has 2 aromatic carbocycles. The van der Waals surface area contributed by atoms with Crippen LogP contribution < -0.4 is 9.47 Å². The van der Waals surface area contributed by atoms with Crippen LogP contribution in [0.25, 0.3) is 10.9 Å². The van der Waals surface area contributed by atoms with E-state index in [1.54, 1.807) is 14.2 Å². The fourth-order valence-corrected chi connectivity index (χ4v) is 5.12. The Morgan fingerprint density at radius 1 is 1.03 bits per heavy atom. The maximum atomic E-state index is 5.61. The summed E-state index contributed by atoms with van der Waals surface area (Å²) in [6, 6.07) is 13.3. The molecule has 5 nitrogen and oxygen atoms in total. The molecule has 1 aromatic heterocycles. The Morgan fingerprint density at radius 3 is 2.40 bits per heavy atom. The van der Waals surface area contributed by atoms with Gasteiger partial charge in [0.25, 0.3) is 0 Å². The summed E-state index contributed by atoms with van der Waals surface area (Å²) in [6.07, 6.45) is 5.27. The van der Waals surface area contributed by atoms with Crippen molar-refractivity contribution in [1.82, 2.24) is 9.88 Å². The highest BCUT2D eigenvalue weighted by atomic mass is 16.5. The average molecular weight is 474 g/mol. The zero-order valence-electron chi connectivity index (χ0n) is 22.1. The molecule has 186 valence electrons. The second kappa shape index (κ2) is 11.2. The highest BCUT2D eigenvalue weighted by Gasteiger charge is 2.24. The van der Waals surface area contributed by atoms with Crippen molar-refractivity contribution in [3.05, 3.63) is 64.8 Å². The molecule has 0 N–H and O–H groups in total. The third-order valence-corrected chi connectivity index (χ3v) is 7.17. The minimum atomic E-state index is 0.217. The summed E-state index contributed by atoms with van der Waals surface area (Å²) in [5.74, 6) is 1.92. The van der Waals surface area contributed by atoms with Crippen molar-refractivity contribution < 1.29 is 9.47 Å². The lowest BCUT2D eigenvalue weighted by Crippen LogP contribution is -2.26. The lowest BCUT2D eigenvalue weighted by Gasteiger charge is -2.24. The van der Waals surface area contributed by atoms with Crippen LogP contribution in [0, 0.1) is 0 Å². The van der Waals surface area contributed by atoms with E-state index in [4.69, 9.17) is 19.5 Å². The molecule has 35 heavy (non-hydrogen) atoms. The molecule has 0 radical (unpaired) electrons. The molecule has 0 amide bonds. The lowest BCUT2D eigenvalue weighted by molar-refractivity contribution is 0.278. The smallest absolute Gasteiger partial charge is 0.162 e. The predicted octanol–water partition coefficient (Wildman–Crippen LogP) is 6.26. The molecule has 1 aliphatic rings. The van der Waals surface area contributed by atoms with Gasteiger partial charge in [-0.2, -0.15) is 0 Å². The molecule has 1 aliphatic heterocycles. The van der Waals surface area contributed by atoms with Crippen LogP contribution in [0.3, 0.4) is 0 Å². The Kier molecular flexibility index (Phi) is 8.07. The quantitative estimate of drug-likeness (QED) is 0.349. The number of hydrogen-bond donors (Lipinski definition) is 0. The molecule has 0 fully saturated rings. The number of nitrogens with zero attached hydrogens (tertiary/aromatic N) is 3. The molecular formula is C30H39N3O2. The summed E-state index contributed by atoms with van der Waals surface area (Å²) in [5, 5.41) is 1.05. The molecule has 5 heteroatoms. The van der Waals surface area contributed by atoms with E-state index in [9.17, 15) is 0 Å². The summed E-state index contributed by atoms with van der Waals surface area (Å²) in [4.78, 5) is 12.4. The van der Waals surface area contributed by atoms with Gasteiger partial charge in [-0.1, -0.05) is 45.0 Å². The van der Waals surface area contributed by atoms with Gasteiger partial charge in [0.1, 0.15) is 0 Å². The molecule has 0 spiro atoms. The predicted molar refractivity (Wildman–Crippen MR) is 146 cm³/mol. The lowest BCUT2D eigenvalue weighted by atomic mass is 9.88. The second-order valence-corrected chi connectivity index (χ2v) is 9.66. The maximum Gasteiger partial charge on any atom is 0.162 e. The highest BCUT2D eigenvalue weighted by molar-refractivity contribution is 6.20. The molecule has 2 heterocycles. The van der Waals surface area contributed by atoms with Crippen LogP contribution in [-0.2, 0) is 6.42 Å². The fourth-order valence-electron chi connectivity index (χ4n) is 5.12. The van der Waals surface area contributed by atoms with Crippen molar-refractivity contribution >= 4 is 16.6 Å². The van der Waals surface area contributed by atoms with Crippen LogP contribution in [0.2, 0.25) is 0 Å². The zero-order chi connectivity index (χ0) is 24.9. The highest BCUT2D eigenvalue weighted by Crippen LogP contribution is 2.36. The van der Waals surface area contributed by atoms with Crippen LogP contribution in [0.4, 0.5) is 0 Å². The summed E-state index contributed by atoms with van der Waals surface area (Å²) in [6.45, 7) is 12.5. The number of rotatable bonds is 10. The molecule has 3 aromatic rings. The van der Waals surface area contributed by atoms with Crippen LogP contribution in [0.15, 0.2) is 47.6 Å². The van der Waals surface area contributed by atoms with Gasteiger partial charge in [-0.25, -0.2) is 0 Å². The van der Waals surface area contributed by atoms with E-state index in [1.165, 1.54) is 30.5 Å². The van der Waals surface area contributed by atoms with E-state index in [-0.39, 0.29) is 6.04 Å². The Morgan fingerprint density at radius 2 is 1.74 bits per heavy atom. The molecule has 2 atom stereocenters. The summed E-state index contributed by atoms with van der Waals surface area (Å²) < 4.78 is 11.1. The van der Waals surface area contributed by atoms with Crippen molar-refractivity contribution in [1.29, 1.82) is 0 Å². The standard InChI is InChI=1S/C30H39N3O2/c1-7-14-33(8-2)15-13-20(3)22-9-11-23(12-10-22)30-29-24(16-21(4)32-30)19-31-26-18-28(35-6)27(34-5)17-25(26)29/h9-12,17-21H,7-8,13-16H2,1-6H3. The van der Waals surface area contributed by atoms with Crippen molar-refractivity contribution in [2.75, 3.05) is 33.9 Å². The number of aliphatic imine (C=N–C) groups is 1. The number of pyridine rings is 1.